The summed E-state index contributed by atoms with van der Waals surface area (Å²) in [6.45, 7) is 9.12. The van der Waals surface area contributed by atoms with E-state index in [1.807, 2.05) is 6.55 Å². The quantitative estimate of drug-likeness (QED) is 0.531. The first-order valence-electron chi connectivity index (χ1n) is 2.18. The summed E-state index contributed by atoms with van der Waals surface area (Å²) in [5.74, 6) is 0. The minimum absolute atomic E-state index is 1.62. The van der Waals surface area contributed by atoms with Crippen molar-refractivity contribution in [2.24, 2.45) is 5.40 Å². The molecule has 0 radical (unpaired) electrons. The van der Waals surface area contributed by atoms with Crippen molar-refractivity contribution in [3.8, 4) is 0 Å². The van der Waals surface area contributed by atoms with Crippen LogP contribution in [-0.4, -0.2) is 8.24 Å². The fraction of sp³-hybridized carbons (Fsp3) is 0.200. The van der Waals surface area contributed by atoms with E-state index in [1.54, 1.807) is 11.4 Å². The molecule has 0 aliphatic heterocycles. The van der Waals surface area contributed by atoms with Gasteiger partial charge in [-0.3, -0.25) is 0 Å². The fourth-order valence-electron chi connectivity index (χ4n) is 0.0833. The van der Waals surface area contributed by atoms with Gasteiger partial charge in [0, 0.05) is 0 Å². The molecular formula is C5H11NSi. The van der Waals surface area contributed by atoms with Gasteiger partial charge in [-0.05, 0) is 6.55 Å². The molecule has 0 aromatic heterocycles. The standard InChI is InChI=1S/C5H11NSi/c1-4-7(3,6)5-2/h4-5H,1-2,6H2,3H3. The Morgan fingerprint density at radius 3 is 1.71 bits per heavy atom. The van der Waals surface area contributed by atoms with E-state index in [0.29, 0.717) is 0 Å². The second-order valence-electron chi connectivity index (χ2n) is 1.77. The van der Waals surface area contributed by atoms with Crippen molar-refractivity contribution in [2.45, 2.75) is 6.55 Å². The van der Waals surface area contributed by atoms with Gasteiger partial charge in [-0.15, -0.1) is 13.2 Å². The van der Waals surface area contributed by atoms with Gasteiger partial charge in [-0.25, -0.2) is 0 Å². The SMILES string of the molecule is C=C[Si](C)(N)C=C. The molecule has 0 aromatic rings. The molecule has 0 unspecified atom stereocenters. The van der Waals surface area contributed by atoms with Crippen LogP contribution in [0.15, 0.2) is 24.6 Å². The Bertz CT molecular complexity index is 76.1. The van der Waals surface area contributed by atoms with Crippen molar-refractivity contribution in [2.75, 3.05) is 0 Å². The zero-order chi connectivity index (χ0) is 5.91. The van der Waals surface area contributed by atoms with E-state index >= 15 is 0 Å². The summed E-state index contributed by atoms with van der Waals surface area (Å²) in [4.78, 5) is 0. The van der Waals surface area contributed by atoms with Crippen LogP contribution in [0.1, 0.15) is 0 Å². The van der Waals surface area contributed by atoms with Crippen LogP contribution in [0.5, 0.6) is 0 Å². The maximum absolute atomic E-state index is 5.62. The van der Waals surface area contributed by atoms with Crippen molar-refractivity contribution in [3.05, 3.63) is 24.6 Å². The molecule has 0 aromatic carbocycles. The van der Waals surface area contributed by atoms with Crippen LogP contribution in [-0.2, 0) is 0 Å². The lowest BCUT2D eigenvalue weighted by atomic mass is 11.2. The summed E-state index contributed by atoms with van der Waals surface area (Å²) >= 11 is 0. The van der Waals surface area contributed by atoms with E-state index in [0.717, 1.165) is 0 Å². The van der Waals surface area contributed by atoms with Gasteiger partial charge in [-0.2, -0.15) is 0 Å². The summed E-state index contributed by atoms with van der Waals surface area (Å²) < 4.78 is 0. The molecule has 7 heavy (non-hydrogen) atoms. The molecule has 0 heterocycles. The molecule has 40 valence electrons. The first-order chi connectivity index (χ1) is 3.12. The van der Waals surface area contributed by atoms with Crippen molar-refractivity contribution < 1.29 is 0 Å². The highest BCUT2D eigenvalue weighted by Gasteiger charge is 2.08. The second-order valence-corrected chi connectivity index (χ2v) is 5.32. The van der Waals surface area contributed by atoms with E-state index in [-0.39, 0.29) is 0 Å². The zero-order valence-corrected chi connectivity index (χ0v) is 5.65. The third-order valence-electron chi connectivity index (χ3n) is 0.880. The van der Waals surface area contributed by atoms with Crippen LogP contribution in [0.25, 0.3) is 0 Å². The van der Waals surface area contributed by atoms with E-state index in [9.17, 15) is 0 Å². The summed E-state index contributed by atoms with van der Waals surface area (Å²) in [5, 5.41) is 5.62. The van der Waals surface area contributed by atoms with E-state index in [4.69, 9.17) is 5.40 Å². The molecule has 0 saturated carbocycles. The van der Waals surface area contributed by atoms with Crippen molar-refractivity contribution in [3.63, 3.8) is 0 Å². The average Bonchev–Trinajstić information content (AvgIpc) is 1.68. The van der Waals surface area contributed by atoms with E-state index < -0.39 is 8.24 Å². The molecule has 0 fully saturated rings. The molecule has 0 amide bonds. The minimum Gasteiger partial charge on any atom is -0.345 e. The Kier molecular flexibility index (Phi) is 1.99. The van der Waals surface area contributed by atoms with Crippen molar-refractivity contribution in [1.29, 1.82) is 0 Å². The number of hydrogen-bond donors (Lipinski definition) is 1. The lowest BCUT2D eigenvalue weighted by Crippen LogP contribution is -2.37. The predicted molar refractivity (Wildman–Crippen MR) is 36.2 cm³/mol. The Morgan fingerprint density at radius 1 is 1.43 bits per heavy atom. The maximum atomic E-state index is 5.62. The van der Waals surface area contributed by atoms with Gasteiger partial charge in [0.2, 0.25) is 0 Å². The van der Waals surface area contributed by atoms with Crippen LogP contribution in [0, 0.1) is 0 Å². The Morgan fingerprint density at radius 2 is 1.71 bits per heavy atom. The molecule has 0 bridgehead atoms. The zero-order valence-electron chi connectivity index (χ0n) is 4.65. The van der Waals surface area contributed by atoms with Gasteiger partial charge in [0.1, 0.15) is 0 Å². The van der Waals surface area contributed by atoms with Gasteiger partial charge >= 0.3 is 0 Å². The lowest BCUT2D eigenvalue weighted by Gasteiger charge is -2.07. The maximum Gasteiger partial charge on any atom is 0.168 e. The molecular weight excluding hydrogens is 102 g/mol. The molecule has 0 rings (SSSR count). The van der Waals surface area contributed by atoms with Crippen LogP contribution >= 0.6 is 0 Å². The van der Waals surface area contributed by atoms with Gasteiger partial charge in [0.15, 0.2) is 8.24 Å². The van der Waals surface area contributed by atoms with Crippen molar-refractivity contribution in [1.82, 2.24) is 0 Å². The highest BCUT2D eigenvalue weighted by Crippen LogP contribution is 1.91. The van der Waals surface area contributed by atoms with Crippen LogP contribution in [0.2, 0.25) is 6.55 Å². The summed E-state index contributed by atoms with van der Waals surface area (Å²) in [6.07, 6.45) is 0. The third-order valence-corrected chi connectivity index (χ3v) is 2.64. The summed E-state index contributed by atoms with van der Waals surface area (Å²) in [7, 11) is -1.62. The second kappa shape index (κ2) is 2.09. The minimum atomic E-state index is -1.62. The smallest absolute Gasteiger partial charge is 0.168 e. The third kappa shape index (κ3) is 2.36. The molecule has 0 aliphatic rings. The normalized spacial score (nSPS) is 10.6. The number of hydrogen-bond acceptors (Lipinski definition) is 1. The van der Waals surface area contributed by atoms with E-state index in [1.165, 1.54) is 0 Å². The van der Waals surface area contributed by atoms with Gasteiger partial charge < -0.3 is 5.40 Å². The molecule has 0 aliphatic carbocycles. The topological polar surface area (TPSA) is 26.0 Å². The highest BCUT2D eigenvalue weighted by atomic mass is 28.3. The number of nitrogens with two attached hydrogens (primary N) is 1. The van der Waals surface area contributed by atoms with E-state index in [2.05, 4.69) is 13.2 Å². The lowest BCUT2D eigenvalue weighted by molar-refractivity contribution is 1.70. The fourth-order valence-corrected chi connectivity index (χ4v) is 0.250. The molecule has 0 saturated heterocycles. The largest absolute Gasteiger partial charge is 0.345 e. The van der Waals surface area contributed by atoms with Crippen LogP contribution < -0.4 is 5.40 Å². The molecule has 2 N–H and O–H groups in total. The Hall–Kier alpha value is -0.343. The van der Waals surface area contributed by atoms with Gasteiger partial charge in [-0.1, -0.05) is 11.4 Å². The summed E-state index contributed by atoms with van der Waals surface area (Å²) in [5.41, 5.74) is 3.58. The van der Waals surface area contributed by atoms with Crippen LogP contribution in [0.4, 0.5) is 0 Å². The molecule has 0 atom stereocenters. The molecule has 2 heteroatoms. The molecule has 0 spiro atoms. The van der Waals surface area contributed by atoms with Gasteiger partial charge in [0.05, 0.1) is 0 Å². The first-order valence-corrected chi connectivity index (χ1v) is 4.91. The van der Waals surface area contributed by atoms with Crippen LogP contribution in [0.3, 0.4) is 0 Å². The summed E-state index contributed by atoms with van der Waals surface area (Å²) in [6, 6.07) is 0. The Labute approximate surface area is 45.6 Å². The predicted octanol–water partition coefficient (Wildman–Crippen LogP) is 0.971. The highest BCUT2D eigenvalue weighted by molar-refractivity contribution is 6.84. The monoisotopic (exact) mass is 113 g/mol. The first kappa shape index (κ1) is 6.66. The van der Waals surface area contributed by atoms with Gasteiger partial charge in [0.25, 0.3) is 0 Å². The van der Waals surface area contributed by atoms with Crippen molar-refractivity contribution >= 4 is 8.24 Å². The average molecular weight is 113 g/mol. The Balaban J connectivity index is 3.82. The number of rotatable bonds is 2. The molecule has 1 nitrogen and oxygen atoms in total.